The van der Waals surface area contributed by atoms with E-state index in [4.69, 9.17) is 16.3 Å². The zero-order valence-electron chi connectivity index (χ0n) is 9.17. The first-order chi connectivity index (χ1) is 8.19. The van der Waals surface area contributed by atoms with Crippen molar-refractivity contribution >= 4 is 6.09 Å². The Labute approximate surface area is 99.0 Å². The molecule has 5 nitrogen and oxygen atoms in total. The van der Waals surface area contributed by atoms with Gasteiger partial charge in [0, 0.05) is 13.0 Å². The van der Waals surface area contributed by atoms with Gasteiger partial charge in [0.2, 0.25) is 0 Å². The van der Waals surface area contributed by atoms with E-state index in [1.165, 1.54) is 4.90 Å². The number of amides is 1. The van der Waals surface area contributed by atoms with Crippen LogP contribution >= 0.6 is 0 Å². The summed E-state index contributed by atoms with van der Waals surface area (Å²) in [5.74, 6) is 3.03. The molecule has 1 fully saturated rings. The van der Waals surface area contributed by atoms with Gasteiger partial charge < -0.3 is 14.7 Å². The molecule has 1 amide bonds. The molecule has 0 unspecified atom stereocenters. The van der Waals surface area contributed by atoms with E-state index < -0.39 is 6.09 Å². The second kappa shape index (κ2) is 4.74. The van der Waals surface area contributed by atoms with E-state index >= 15 is 0 Å². The first-order valence-electron chi connectivity index (χ1n) is 5.26. The monoisotopic (exact) mass is 232 g/mol. The molecular weight excluding hydrogens is 220 g/mol. The van der Waals surface area contributed by atoms with Gasteiger partial charge in [0.25, 0.3) is 0 Å². The molecule has 88 valence electrons. The van der Waals surface area contributed by atoms with Crippen LogP contribution in [0.15, 0.2) is 18.3 Å². The predicted octanol–water partition coefficient (Wildman–Crippen LogP) is 1.19. The fraction of sp³-hybridized carbons (Fsp3) is 0.333. The standard InChI is InChI=1S/C12H12N2O3/c1-2-9-3-4-10(7-13-9)17-11-5-6-14(8-11)12(15)16/h1,3-4,7,11H,5-6,8H2,(H,15,16)/t11-/m0/s1. The number of ether oxygens (including phenoxy) is 1. The summed E-state index contributed by atoms with van der Waals surface area (Å²) in [6, 6.07) is 3.44. The zero-order valence-corrected chi connectivity index (χ0v) is 9.17. The SMILES string of the molecule is C#Cc1ccc(O[C@H]2CCN(C(=O)O)C2)cn1. The lowest BCUT2D eigenvalue weighted by Crippen LogP contribution is -2.29. The van der Waals surface area contributed by atoms with Crippen LogP contribution in [0.25, 0.3) is 0 Å². The highest BCUT2D eigenvalue weighted by molar-refractivity contribution is 5.65. The van der Waals surface area contributed by atoms with Crippen LogP contribution in [0.5, 0.6) is 5.75 Å². The van der Waals surface area contributed by atoms with Gasteiger partial charge in [-0.15, -0.1) is 6.42 Å². The molecule has 2 rings (SSSR count). The molecule has 0 aliphatic carbocycles. The number of terminal acetylenes is 1. The molecule has 0 saturated carbocycles. The van der Waals surface area contributed by atoms with Crippen molar-refractivity contribution in [2.24, 2.45) is 0 Å². The first kappa shape index (κ1) is 11.3. The molecule has 0 aromatic carbocycles. The van der Waals surface area contributed by atoms with E-state index in [2.05, 4.69) is 10.9 Å². The summed E-state index contributed by atoms with van der Waals surface area (Å²) < 4.78 is 5.62. The Bertz CT molecular complexity index is 450. The summed E-state index contributed by atoms with van der Waals surface area (Å²) in [6.45, 7) is 0.905. The van der Waals surface area contributed by atoms with Crippen LogP contribution in [0.3, 0.4) is 0 Å². The largest absolute Gasteiger partial charge is 0.487 e. The van der Waals surface area contributed by atoms with E-state index in [1.807, 2.05) is 0 Å². The summed E-state index contributed by atoms with van der Waals surface area (Å²) in [4.78, 5) is 16.1. The highest BCUT2D eigenvalue weighted by atomic mass is 16.5. The molecule has 0 bridgehead atoms. The van der Waals surface area contributed by atoms with Gasteiger partial charge in [0.15, 0.2) is 0 Å². The molecule has 0 spiro atoms. The smallest absolute Gasteiger partial charge is 0.407 e. The lowest BCUT2D eigenvalue weighted by atomic mass is 10.3. The fourth-order valence-electron chi connectivity index (χ4n) is 1.73. The second-order valence-corrected chi connectivity index (χ2v) is 3.78. The molecule has 1 aliphatic heterocycles. The molecule has 1 saturated heterocycles. The lowest BCUT2D eigenvalue weighted by molar-refractivity contribution is 0.145. The third kappa shape index (κ3) is 2.67. The number of nitrogens with zero attached hydrogens (tertiary/aromatic N) is 2. The molecule has 5 heteroatoms. The maximum absolute atomic E-state index is 10.7. The Kier molecular flexibility index (Phi) is 3.15. The van der Waals surface area contributed by atoms with Crippen LogP contribution in [0.4, 0.5) is 4.79 Å². The summed E-state index contributed by atoms with van der Waals surface area (Å²) in [7, 11) is 0. The normalized spacial score (nSPS) is 18.8. The highest BCUT2D eigenvalue weighted by Gasteiger charge is 2.27. The van der Waals surface area contributed by atoms with Crippen molar-refractivity contribution in [3.05, 3.63) is 24.0 Å². The lowest BCUT2D eigenvalue weighted by Gasteiger charge is -2.14. The maximum Gasteiger partial charge on any atom is 0.407 e. The van der Waals surface area contributed by atoms with Gasteiger partial charge in [-0.3, -0.25) is 0 Å². The molecule has 1 aromatic rings. The third-order valence-electron chi connectivity index (χ3n) is 2.60. The van der Waals surface area contributed by atoms with E-state index in [0.717, 1.165) is 0 Å². The second-order valence-electron chi connectivity index (χ2n) is 3.78. The minimum absolute atomic E-state index is 0.107. The van der Waals surface area contributed by atoms with Crippen LogP contribution in [-0.2, 0) is 0 Å². The van der Waals surface area contributed by atoms with Gasteiger partial charge >= 0.3 is 6.09 Å². The predicted molar refractivity (Wildman–Crippen MR) is 60.8 cm³/mol. The van der Waals surface area contributed by atoms with Crippen LogP contribution in [0, 0.1) is 12.3 Å². The number of pyridine rings is 1. The van der Waals surface area contributed by atoms with E-state index in [1.54, 1.807) is 18.3 Å². The molecule has 1 atom stereocenters. The number of likely N-dealkylation sites (tertiary alicyclic amines) is 1. The zero-order chi connectivity index (χ0) is 12.3. The third-order valence-corrected chi connectivity index (χ3v) is 2.60. The number of carboxylic acid groups (broad SMARTS) is 1. The number of hydrogen-bond acceptors (Lipinski definition) is 3. The van der Waals surface area contributed by atoms with Crippen LogP contribution in [0.2, 0.25) is 0 Å². The Morgan fingerprint density at radius 1 is 1.65 bits per heavy atom. The van der Waals surface area contributed by atoms with Crippen LogP contribution in [0.1, 0.15) is 12.1 Å². The van der Waals surface area contributed by atoms with Crippen LogP contribution < -0.4 is 4.74 Å². The van der Waals surface area contributed by atoms with Crippen molar-refractivity contribution in [1.82, 2.24) is 9.88 Å². The van der Waals surface area contributed by atoms with Gasteiger partial charge in [-0.1, -0.05) is 5.92 Å². The molecular formula is C12H12N2O3. The number of rotatable bonds is 2. The molecule has 1 aromatic heterocycles. The molecule has 2 heterocycles. The van der Waals surface area contributed by atoms with Crippen LogP contribution in [-0.4, -0.2) is 40.3 Å². The topological polar surface area (TPSA) is 62.7 Å². The number of hydrogen-bond donors (Lipinski definition) is 1. The van der Waals surface area contributed by atoms with Crippen molar-refractivity contribution < 1.29 is 14.6 Å². The molecule has 17 heavy (non-hydrogen) atoms. The molecule has 1 aliphatic rings. The maximum atomic E-state index is 10.7. The first-order valence-corrected chi connectivity index (χ1v) is 5.26. The number of aromatic nitrogens is 1. The van der Waals surface area contributed by atoms with E-state index in [-0.39, 0.29) is 6.10 Å². The van der Waals surface area contributed by atoms with Gasteiger partial charge in [0.05, 0.1) is 12.7 Å². The van der Waals surface area contributed by atoms with Crippen molar-refractivity contribution in [1.29, 1.82) is 0 Å². The summed E-state index contributed by atoms with van der Waals surface area (Å²) in [5.41, 5.74) is 0.552. The van der Waals surface area contributed by atoms with Crippen molar-refractivity contribution in [3.8, 4) is 18.1 Å². The molecule has 0 radical (unpaired) electrons. The van der Waals surface area contributed by atoms with Gasteiger partial charge in [-0.05, 0) is 12.1 Å². The Morgan fingerprint density at radius 2 is 2.47 bits per heavy atom. The van der Waals surface area contributed by atoms with Crippen molar-refractivity contribution in [3.63, 3.8) is 0 Å². The summed E-state index contributed by atoms with van der Waals surface area (Å²) >= 11 is 0. The quantitative estimate of drug-likeness (QED) is 0.778. The Balaban J connectivity index is 1.94. The highest BCUT2D eigenvalue weighted by Crippen LogP contribution is 2.17. The van der Waals surface area contributed by atoms with Crippen molar-refractivity contribution in [2.45, 2.75) is 12.5 Å². The number of carbonyl (C=O) groups is 1. The summed E-state index contributed by atoms with van der Waals surface area (Å²) in [5, 5.41) is 8.80. The molecule has 1 N–H and O–H groups in total. The Morgan fingerprint density at radius 3 is 3.00 bits per heavy atom. The van der Waals surface area contributed by atoms with Gasteiger partial charge in [-0.25, -0.2) is 9.78 Å². The van der Waals surface area contributed by atoms with E-state index in [0.29, 0.717) is 31.0 Å². The van der Waals surface area contributed by atoms with Gasteiger partial charge in [-0.2, -0.15) is 0 Å². The minimum atomic E-state index is -0.906. The van der Waals surface area contributed by atoms with Crippen molar-refractivity contribution in [2.75, 3.05) is 13.1 Å². The fourth-order valence-corrected chi connectivity index (χ4v) is 1.73. The minimum Gasteiger partial charge on any atom is -0.487 e. The average molecular weight is 232 g/mol. The van der Waals surface area contributed by atoms with Gasteiger partial charge in [0.1, 0.15) is 17.5 Å². The average Bonchev–Trinajstić information content (AvgIpc) is 2.79. The summed E-state index contributed by atoms with van der Waals surface area (Å²) in [6.07, 6.45) is 6.43. The van der Waals surface area contributed by atoms with E-state index in [9.17, 15) is 4.79 Å². The Hall–Kier alpha value is -2.22.